The molecule has 0 atom stereocenters. The van der Waals surface area contributed by atoms with Gasteiger partial charge >= 0.3 is 5.76 Å². The van der Waals surface area contributed by atoms with Crippen LogP contribution in [0.1, 0.15) is 5.56 Å². The van der Waals surface area contributed by atoms with E-state index in [1.165, 1.54) is 4.57 Å². The summed E-state index contributed by atoms with van der Waals surface area (Å²) in [5.41, 5.74) is 13.3. The molecular weight excluding hydrogens is 210 g/mol. The minimum absolute atomic E-state index is 0.418. The van der Waals surface area contributed by atoms with Crippen LogP contribution in [0, 0.1) is 6.92 Å². The van der Waals surface area contributed by atoms with E-state index in [0.717, 1.165) is 11.1 Å². The normalized spacial score (nSPS) is 10.1. The molecule has 2 aromatic rings. The quantitative estimate of drug-likeness (QED) is 0.362. The number of hydrogen-bond donors (Lipinski definition) is 1. The molecule has 0 saturated heterocycles. The van der Waals surface area contributed by atoms with Crippen molar-refractivity contribution in [3.8, 4) is 0 Å². The summed E-state index contributed by atoms with van der Waals surface area (Å²) in [6, 6.07) is 3.38. The van der Waals surface area contributed by atoms with E-state index in [0.29, 0.717) is 11.3 Å². The molecule has 0 aliphatic carbocycles. The molecule has 7 heteroatoms. The number of azide groups is 1. The van der Waals surface area contributed by atoms with Crippen LogP contribution in [0.3, 0.4) is 0 Å². The standard InChI is InChI=1S/C9H9N5O2/c1-5-3-6(11-13-12-10)4-7-8(5)14(2)9(15)16-7/h3-4,11H,1-2H3. The van der Waals surface area contributed by atoms with Crippen molar-refractivity contribution in [3.05, 3.63) is 38.7 Å². The molecule has 0 saturated carbocycles. The van der Waals surface area contributed by atoms with Gasteiger partial charge in [-0.25, -0.2) is 10.2 Å². The lowest BCUT2D eigenvalue weighted by Crippen LogP contribution is -2.08. The van der Waals surface area contributed by atoms with E-state index in [1.807, 2.05) is 6.92 Å². The van der Waals surface area contributed by atoms with Gasteiger partial charge in [0.25, 0.3) is 0 Å². The van der Waals surface area contributed by atoms with Gasteiger partial charge < -0.3 is 4.42 Å². The molecule has 0 bridgehead atoms. The molecule has 1 N–H and O–H groups in total. The van der Waals surface area contributed by atoms with E-state index in [4.69, 9.17) is 9.95 Å². The smallest absolute Gasteiger partial charge is 0.408 e. The highest BCUT2D eigenvalue weighted by molar-refractivity contribution is 5.81. The van der Waals surface area contributed by atoms with Crippen molar-refractivity contribution < 1.29 is 4.42 Å². The van der Waals surface area contributed by atoms with Crippen molar-refractivity contribution >= 4 is 16.8 Å². The summed E-state index contributed by atoms with van der Waals surface area (Å²) < 4.78 is 6.47. The number of aryl methyl sites for hydroxylation is 2. The number of benzene rings is 1. The van der Waals surface area contributed by atoms with Crippen molar-refractivity contribution in [1.29, 1.82) is 0 Å². The number of anilines is 1. The van der Waals surface area contributed by atoms with Crippen molar-refractivity contribution in [3.63, 3.8) is 0 Å². The van der Waals surface area contributed by atoms with E-state index in [-0.39, 0.29) is 0 Å². The van der Waals surface area contributed by atoms with E-state index in [1.54, 1.807) is 19.2 Å². The average Bonchev–Trinajstić information content (AvgIpc) is 2.52. The molecule has 7 nitrogen and oxygen atoms in total. The van der Waals surface area contributed by atoms with Gasteiger partial charge in [0.15, 0.2) is 5.58 Å². The van der Waals surface area contributed by atoms with Crippen molar-refractivity contribution in [1.82, 2.24) is 4.57 Å². The number of aromatic nitrogens is 1. The highest BCUT2D eigenvalue weighted by Crippen LogP contribution is 2.22. The molecule has 0 amide bonds. The first-order chi connectivity index (χ1) is 7.63. The van der Waals surface area contributed by atoms with E-state index in [9.17, 15) is 4.79 Å². The summed E-state index contributed by atoms with van der Waals surface area (Å²) in [4.78, 5) is 13.9. The molecule has 0 aliphatic heterocycles. The number of nitrogens with zero attached hydrogens (tertiary/aromatic N) is 4. The zero-order valence-electron chi connectivity index (χ0n) is 8.76. The van der Waals surface area contributed by atoms with Gasteiger partial charge in [0.2, 0.25) is 0 Å². The third-order valence-electron chi connectivity index (χ3n) is 2.30. The molecule has 0 spiro atoms. The number of oxazole rings is 1. The highest BCUT2D eigenvalue weighted by Gasteiger charge is 2.10. The van der Waals surface area contributed by atoms with Gasteiger partial charge in [-0.05, 0) is 23.8 Å². The fraction of sp³-hybridized carbons (Fsp3) is 0.222. The van der Waals surface area contributed by atoms with Crippen LogP contribution in [-0.2, 0) is 7.05 Å². The molecule has 82 valence electrons. The van der Waals surface area contributed by atoms with E-state index >= 15 is 0 Å². The maximum absolute atomic E-state index is 11.3. The molecule has 1 heterocycles. The van der Waals surface area contributed by atoms with Crippen LogP contribution in [0.5, 0.6) is 0 Å². The SMILES string of the molecule is Cc1cc(NN=[N+]=[N-])cc2oc(=O)n(C)c12. The molecule has 0 unspecified atom stereocenters. The van der Waals surface area contributed by atoms with Crippen molar-refractivity contribution in [2.75, 3.05) is 5.43 Å². The summed E-state index contributed by atoms with van der Waals surface area (Å²) in [5.74, 6) is -0.418. The molecule has 1 aromatic heterocycles. The number of fused-ring (bicyclic) bond motifs is 1. The molecule has 0 aliphatic rings. The molecular formula is C9H9N5O2. The second kappa shape index (κ2) is 3.63. The Morgan fingerprint density at radius 1 is 1.56 bits per heavy atom. The summed E-state index contributed by atoms with van der Waals surface area (Å²) in [7, 11) is 1.64. The minimum atomic E-state index is -0.418. The lowest BCUT2D eigenvalue weighted by Gasteiger charge is -1.99. The van der Waals surface area contributed by atoms with Gasteiger partial charge in [-0.3, -0.25) is 4.57 Å². The average molecular weight is 219 g/mol. The molecule has 2 rings (SSSR count). The van der Waals surface area contributed by atoms with Crippen LogP contribution >= 0.6 is 0 Å². The summed E-state index contributed by atoms with van der Waals surface area (Å²) in [5, 5.41) is 3.22. The van der Waals surface area contributed by atoms with Gasteiger partial charge in [0, 0.05) is 13.1 Å². The maximum Gasteiger partial charge on any atom is 0.419 e. The van der Waals surface area contributed by atoms with E-state index < -0.39 is 5.76 Å². The number of rotatable bonds is 2. The Hall–Kier alpha value is -2.40. The zero-order chi connectivity index (χ0) is 11.7. The molecule has 1 aromatic carbocycles. The number of hydrogen-bond acceptors (Lipinski definition) is 3. The third kappa shape index (κ3) is 1.49. The Balaban J connectivity index is 2.68. The zero-order valence-corrected chi connectivity index (χ0v) is 8.76. The summed E-state index contributed by atoms with van der Waals surface area (Å²) in [6.07, 6.45) is 0. The fourth-order valence-electron chi connectivity index (χ4n) is 1.65. The van der Waals surface area contributed by atoms with Crippen molar-refractivity contribution in [2.24, 2.45) is 12.3 Å². The van der Waals surface area contributed by atoms with Crippen LogP contribution in [0.2, 0.25) is 0 Å². The number of nitrogens with one attached hydrogen (secondary N) is 1. The van der Waals surface area contributed by atoms with Gasteiger partial charge in [-0.15, -0.1) is 5.53 Å². The predicted octanol–water partition coefficient (Wildman–Crippen LogP) is 2.08. The Kier molecular flexibility index (Phi) is 2.30. The first-order valence-electron chi connectivity index (χ1n) is 4.54. The van der Waals surface area contributed by atoms with E-state index in [2.05, 4.69) is 15.6 Å². The Bertz CT molecular complexity index is 648. The first-order valence-corrected chi connectivity index (χ1v) is 4.54. The summed E-state index contributed by atoms with van der Waals surface area (Å²) >= 11 is 0. The van der Waals surface area contributed by atoms with Gasteiger partial charge in [0.05, 0.1) is 5.52 Å². The van der Waals surface area contributed by atoms with Crippen molar-refractivity contribution in [2.45, 2.75) is 6.92 Å². The third-order valence-corrected chi connectivity index (χ3v) is 2.30. The molecule has 16 heavy (non-hydrogen) atoms. The van der Waals surface area contributed by atoms with Gasteiger partial charge in [0.1, 0.15) is 5.69 Å². The van der Waals surface area contributed by atoms with Crippen LogP contribution in [-0.4, -0.2) is 4.57 Å². The topological polar surface area (TPSA) is 95.9 Å². The molecule has 0 radical (unpaired) electrons. The maximum atomic E-state index is 11.3. The summed E-state index contributed by atoms with van der Waals surface area (Å²) in [6.45, 7) is 1.85. The lowest BCUT2D eigenvalue weighted by molar-refractivity contribution is 0.528. The highest BCUT2D eigenvalue weighted by atomic mass is 16.4. The Labute approximate surface area is 89.9 Å². The first kappa shape index (κ1) is 10.1. The van der Waals surface area contributed by atoms with Gasteiger partial charge in [-0.1, -0.05) is 0 Å². The lowest BCUT2D eigenvalue weighted by atomic mass is 10.2. The van der Waals surface area contributed by atoms with Crippen LogP contribution in [0.25, 0.3) is 21.5 Å². The van der Waals surface area contributed by atoms with Gasteiger partial charge in [-0.2, -0.15) is 4.91 Å². The van der Waals surface area contributed by atoms with Crippen LogP contribution in [0.4, 0.5) is 5.69 Å². The Morgan fingerprint density at radius 2 is 2.31 bits per heavy atom. The predicted molar refractivity (Wildman–Crippen MR) is 59.0 cm³/mol. The molecule has 0 fully saturated rings. The van der Waals surface area contributed by atoms with Crippen LogP contribution in [0.15, 0.2) is 26.6 Å². The second-order valence-corrected chi connectivity index (χ2v) is 3.37. The second-order valence-electron chi connectivity index (χ2n) is 3.37. The Morgan fingerprint density at radius 3 is 3.00 bits per heavy atom. The minimum Gasteiger partial charge on any atom is -0.408 e. The monoisotopic (exact) mass is 219 g/mol. The largest absolute Gasteiger partial charge is 0.419 e. The van der Waals surface area contributed by atoms with Crippen LogP contribution < -0.4 is 11.2 Å². The fourth-order valence-corrected chi connectivity index (χ4v) is 1.65.